The van der Waals surface area contributed by atoms with Crippen molar-refractivity contribution in [2.75, 3.05) is 12.3 Å². The number of rotatable bonds is 6. The zero-order valence-electron chi connectivity index (χ0n) is 11.1. The quantitative estimate of drug-likeness (QED) is 0.808. The molecule has 19 heavy (non-hydrogen) atoms. The van der Waals surface area contributed by atoms with Crippen LogP contribution in [-0.2, 0) is 13.0 Å². The smallest absolute Gasteiger partial charge is 0.117 e. The number of nitrogens with zero attached hydrogens (tertiary/aromatic N) is 1. The minimum absolute atomic E-state index is 0.732. The minimum Gasteiger partial charge on any atom is -0.468 e. The van der Waals surface area contributed by atoms with Crippen molar-refractivity contribution in [3.8, 4) is 0 Å². The number of hydrogen-bond donors (Lipinski definition) is 1. The van der Waals surface area contributed by atoms with Gasteiger partial charge in [0.15, 0.2) is 0 Å². The van der Waals surface area contributed by atoms with Gasteiger partial charge in [-0.15, -0.1) is 0 Å². The fourth-order valence-electron chi connectivity index (χ4n) is 2.46. The zero-order chi connectivity index (χ0) is 13.1. The fourth-order valence-corrected chi connectivity index (χ4v) is 2.46. The van der Waals surface area contributed by atoms with Crippen LogP contribution in [0.15, 0.2) is 47.1 Å². The molecule has 2 N–H and O–H groups in total. The van der Waals surface area contributed by atoms with Crippen LogP contribution in [0.1, 0.15) is 24.2 Å². The van der Waals surface area contributed by atoms with Gasteiger partial charge in [0, 0.05) is 18.3 Å². The van der Waals surface area contributed by atoms with Gasteiger partial charge in [-0.1, -0.05) is 18.2 Å². The molecule has 1 aromatic heterocycles. The third kappa shape index (κ3) is 3.18. The standard InChI is InChI=1S/C16H20N2O/c17-16-6-2-1-4-13(16)9-10-18(14-7-8-14)12-15-5-3-11-19-15/h1-6,11,14H,7-10,12,17H2. The second kappa shape index (κ2) is 5.49. The number of benzene rings is 1. The molecule has 1 saturated carbocycles. The third-order valence-electron chi connectivity index (χ3n) is 3.73. The molecule has 3 nitrogen and oxygen atoms in total. The number of para-hydroxylation sites is 1. The Labute approximate surface area is 114 Å². The van der Waals surface area contributed by atoms with E-state index >= 15 is 0 Å². The number of nitrogen functional groups attached to an aromatic ring is 1. The minimum atomic E-state index is 0.732. The number of hydrogen-bond acceptors (Lipinski definition) is 3. The van der Waals surface area contributed by atoms with Gasteiger partial charge in [-0.3, -0.25) is 4.90 Å². The van der Waals surface area contributed by atoms with Crippen molar-refractivity contribution in [3.05, 3.63) is 54.0 Å². The molecular weight excluding hydrogens is 236 g/mol. The highest BCUT2D eigenvalue weighted by Gasteiger charge is 2.29. The van der Waals surface area contributed by atoms with E-state index in [1.54, 1.807) is 6.26 Å². The summed E-state index contributed by atoms with van der Waals surface area (Å²) in [6.45, 7) is 1.95. The van der Waals surface area contributed by atoms with E-state index in [0.29, 0.717) is 0 Å². The first kappa shape index (κ1) is 12.3. The van der Waals surface area contributed by atoms with Crippen molar-refractivity contribution in [1.82, 2.24) is 4.90 Å². The van der Waals surface area contributed by atoms with Crippen LogP contribution in [-0.4, -0.2) is 17.5 Å². The predicted molar refractivity (Wildman–Crippen MR) is 76.7 cm³/mol. The maximum absolute atomic E-state index is 6.00. The molecule has 1 aliphatic carbocycles. The lowest BCUT2D eigenvalue weighted by molar-refractivity contribution is 0.236. The Hall–Kier alpha value is -1.74. The van der Waals surface area contributed by atoms with E-state index in [9.17, 15) is 0 Å². The molecule has 0 unspecified atom stereocenters. The van der Waals surface area contributed by atoms with Crippen molar-refractivity contribution in [2.24, 2.45) is 0 Å². The van der Waals surface area contributed by atoms with Crippen LogP contribution >= 0.6 is 0 Å². The van der Waals surface area contributed by atoms with Crippen molar-refractivity contribution in [1.29, 1.82) is 0 Å². The Kier molecular flexibility index (Phi) is 3.56. The molecule has 3 rings (SSSR count). The van der Waals surface area contributed by atoms with Gasteiger partial charge < -0.3 is 10.2 Å². The monoisotopic (exact) mass is 256 g/mol. The molecule has 0 aliphatic heterocycles. The molecule has 0 bridgehead atoms. The fraction of sp³-hybridized carbons (Fsp3) is 0.375. The van der Waals surface area contributed by atoms with Crippen molar-refractivity contribution in [2.45, 2.75) is 31.8 Å². The lowest BCUT2D eigenvalue weighted by Crippen LogP contribution is -2.27. The van der Waals surface area contributed by atoms with E-state index in [2.05, 4.69) is 17.0 Å². The maximum atomic E-state index is 6.00. The third-order valence-corrected chi connectivity index (χ3v) is 3.73. The van der Waals surface area contributed by atoms with E-state index in [0.717, 1.165) is 37.0 Å². The normalized spacial score (nSPS) is 15.0. The van der Waals surface area contributed by atoms with Crippen LogP contribution in [0.3, 0.4) is 0 Å². The Balaban J connectivity index is 1.61. The number of furan rings is 1. The molecule has 1 aliphatic rings. The van der Waals surface area contributed by atoms with E-state index in [-0.39, 0.29) is 0 Å². The van der Waals surface area contributed by atoms with Crippen LogP contribution in [0.5, 0.6) is 0 Å². The topological polar surface area (TPSA) is 42.4 Å². The molecule has 1 heterocycles. The largest absolute Gasteiger partial charge is 0.468 e. The molecule has 1 fully saturated rings. The molecular formula is C16H20N2O. The first-order valence-electron chi connectivity index (χ1n) is 6.93. The van der Waals surface area contributed by atoms with Gasteiger partial charge >= 0.3 is 0 Å². The average molecular weight is 256 g/mol. The molecule has 0 saturated heterocycles. The summed E-state index contributed by atoms with van der Waals surface area (Å²) in [5.41, 5.74) is 8.14. The Morgan fingerprint density at radius 3 is 2.68 bits per heavy atom. The molecule has 0 spiro atoms. The van der Waals surface area contributed by atoms with Crippen LogP contribution in [0.4, 0.5) is 5.69 Å². The lowest BCUT2D eigenvalue weighted by atomic mass is 10.1. The van der Waals surface area contributed by atoms with Gasteiger partial charge in [0.2, 0.25) is 0 Å². The van der Waals surface area contributed by atoms with Crippen molar-refractivity contribution < 1.29 is 4.42 Å². The SMILES string of the molecule is Nc1ccccc1CCN(Cc1ccco1)C1CC1. The van der Waals surface area contributed by atoms with E-state index in [1.165, 1.54) is 18.4 Å². The van der Waals surface area contributed by atoms with Crippen LogP contribution in [0.25, 0.3) is 0 Å². The number of nitrogens with two attached hydrogens (primary N) is 1. The molecule has 3 heteroatoms. The van der Waals surface area contributed by atoms with Gasteiger partial charge in [-0.2, -0.15) is 0 Å². The van der Waals surface area contributed by atoms with E-state index in [4.69, 9.17) is 10.2 Å². The summed E-state index contributed by atoms with van der Waals surface area (Å²) < 4.78 is 5.45. The predicted octanol–water partition coefficient (Wildman–Crippen LogP) is 3.07. The Morgan fingerprint density at radius 2 is 2.00 bits per heavy atom. The Bertz CT molecular complexity index is 517. The summed E-state index contributed by atoms with van der Waals surface area (Å²) in [6, 6.07) is 12.9. The summed E-state index contributed by atoms with van der Waals surface area (Å²) >= 11 is 0. The first-order valence-corrected chi connectivity index (χ1v) is 6.93. The van der Waals surface area contributed by atoms with Crippen molar-refractivity contribution in [3.63, 3.8) is 0 Å². The highest BCUT2D eigenvalue weighted by atomic mass is 16.3. The summed E-state index contributed by atoms with van der Waals surface area (Å²) in [5.74, 6) is 1.05. The van der Waals surface area contributed by atoms with E-state index < -0.39 is 0 Å². The zero-order valence-corrected chi connectivity index (χ0v) is 11.1. The first-order chi connectivity index (χ1) is 9.33. The summed E-state index contributed by atoms with van der Waals surface area (Å²) in [4.78, 5) is 2.51. The molecule has 2 aromatic rings. The van der Waals surface area contributed by atoms with Gasteiger partial charge in [-0.05, 0) is 43.0 Å². The van der Waals surface area contributed by atoms with Crippen LogP contribution in [0.2, 0.25) is 0 Å². The van der Waals surface area contributed by atoms with E-state index in [1.807, 2.05) is 24.3 Å². The van der Waals surface area contributed by atoms with Crippen LogP contribution < -0.4 is 5.73 Å². The highest BCUT2D eigenvalue weighted by Crippen LogP contribution is 2.28. The van der Waals surface area contributed by atoms with Crippen LogP contribution in [0, 0.1) is 0 Å². The molecule has 1 aromatic carbocycles. The average Bonchev–Trinajstić information content (AvgIpc) is 3.14. The molecule has 0 atom stereocenters. The summed E-state index contributed by atoms with van der Waals surface area (Å²) in [5, 5.41) is 0. The Morgan fingerprint density at radius 1 is 1.16 bits per heavy atom. The van der Waals surface area contributed by atoms with Gasteiger partial charge in [0.05, 0.1) is 12.8 Å². The summed E-state index contributed by atoms with van der Waals surface area (Å²) in [6.07, 6.45) is 5.37. The lowest BCUT2D eigenvalue weighted by Gasteiger charge is -2.21. The second-order valence-electron chi connectivity index (χ2n) is 5.23. The highest BCUT2D eigenvalue weighted by molar-refractivity contribution is 5.46. The van der Waals surface area contributed by atoms with Gasteiger partial charge in [0.1, 0.15) is 5.76 Å². The maximum Gasteiger partial charge on any atom is 0.117 e. The molecule has 0 amide bonds. The van der Waals surface area contributed by atoms with Gasteiger partial charge in [0.25, 0.3) is 0 Å². The second-order valence-corrected chi connectivity index (χ2v) is 5.23. The molecule has 0 radical (unpaired) electrons. The van der Waals surface area contributed by atoms with Crippen molar-refractivity contribution >= 4 is 5.69 Å². The van der Waals surface area contributed by atoms with Gasteiger partial charge in [-0.25, -0.2) is 0 Å². The number of anilines is 1. The summed E-state index contributed by atoms with van der Waals surface area (Å²) in [7, 11) is 0. The molecule has 100 valence electrons.